The van der Waals surface area contributed by atoms with E-state index in [-0.39, 0.29) is 17.3 Å². The summed E-state index contributed by atoms with van der Waals surface area (Å²) in [7, 11) is -0.916. The summed E-state index contributed by atoms with van der Waals surface area (Å²) in [5.41, 5.74) is -0.237. The van der Waals surface area contributed by atoms with Gasteiger partial charge in [0.2, 0.25) is 0 Å². The van der Waals surface area contributed by atoms with E-state index in [1.807, 2.05) is 13.8 Å². The Labute approximate surface area is 186 Å². The Balaban J connectivity index is 4.67. The predicted molar refractivity (Wildman–Crippen MR) is 129 cm³/mol. The van der Waals surface area contributed by atoms with E-state index >= 15 is 0 Å². The standard InChI is InChI=1S/C22H47N2O3PS/c1-12-22(10,11)21(25)29-15-13-14-26-16-27-28(23(17(2)3)18(4)5)24(19(6)7)20(8)9/h17-20H,12-16H2,1-11H3. The second-order valence-electron chi connectivity index (χ2n) is 9.27. The number of thioether (sulfide) groups is 1. The molecule has 0 aromatic heterocycles. The highest BCUT2D eigenvalue weighted by atomic mass is 32.2. The van der Waals surface area contributed by atoms with Gasteiger partial charge in [0.15, 0.2) is 20.4 Å². The second-order valence-corrected chi connectivity index (χ2v) is 12.0. The van der Waals surface area contributed by atoms with Gasteiger partial charge in [-0.15, -0.1) is 0 Å². The van der Waals surface area contributed by atoms with Crippen LogP contribution in [0.1, 0.15) is 89.0 Å². The zero-order valence-corrected chi connectivity index (χ0v) is 22.5. The minimum Gasteiger partial charge on any atom is -0.355 e. The lowest BCUT2D eigenvalue weighted by molar-refractivity contribution is -0.118. The van der Waals surface area contributed by atoms with Crippen molar-refractivity contribution >= 4 is 25.3 Å². The van der Waals surface area contributed by atoms with Crippen molar-refractivity contribution in [3.8, 4) is 0 Å². The molecule has 0 heterocycles. The molecular formula is C22H47N2O3PS. The molecular weight excluding hydrogens is 403 g/mol. The summed E-state index contributed by atoms with van der Waals surface area (Å²) in [6.07, 6.45) is 1.73. The summed E-state index contributed by atoms with van der Waals surface area (Å²) < 4.78 is 17.0. The Bertz CT molecular complexity index is 423. The van der Waals surface area contributed by atoms with Crippen LogP contribution in [-0.2, 0) is 14.1 Å². The van der Waals surface area contributed by atoms with E-state index in [0.29, 0.717) is 30.8 Å². The molecule has 0 N–H and O–H groups in total. The minimum atomic E-state index is -0.916. The van der Waals surface area contributed by atoms with Gasteiger partial charge in [-0.25, -0.2) is 9.34 Å². The number of nitrogens with zero attached hydrogens (tertiary/aromatic N) is 2. The van der Waals surface area contributed by atoms with Gasteiger partial charge in [0.1, 0.15) is 0 Å². The Hall–Kier alpha value is 0.290. The first kappa shape index (κ1) is 29.3. The van der Waals surface area contributed by atoms with Crippen LogP contribution in [-0.4, -0.2) is 57.8 Å². The molecule has 0 aliphatic carbocycles. The summed E-state index contributed by atoms with van der Waals surface area (Å²) in [6, 6.07) is 1.58. The molecule has 0 aliphatic heterocycles. The van der Waals surface area contributed by atoms with Gasteiger partial charge in [-0.05, 0) is 68.2 Å². The number of rotatable bonds is 15. The third kappa shape index (κ3) is 10.4. The van der Waals surface area contributed by atoms with Crippen molar-refractivity contribution in [3.63, 3.8) is 0 Å². The number of carbonyl (C=O) groups is 1. The van der Waals surface area contributed by atoms with Crippen LogP contribution in [0, 0.1) is 5.41 Å². The maximum Gasteiger partial charge on any atom is 0.194 e. The molecule has 5 nitrogen and oxygen atoms in total. The van der Waals surface area contributed by atoms with Gasteiger partial charge >= 0.3 is 0 Å². The topological polar surface area (TPSA) is 42.0 Å². The summed E-state index contributed by atoms with van der Waals surface area (Å²) >= 11 is 1.43. The molecule has 0 aliphatic rings. The quantitative estimate of drug-likeness (QED) is 0.161. The normalized spacial score (nSPS) is 13.3. The van der Waals surface area contributed by atoms with E-state index in [0.717, 1.165) is 18.6 Å². The van der Waals surface area contributed by atoms with Crippen molar-refractivity contribution in [1.82, 2.24) is 9.34 Å². The lowest BCUT2D eigenvalue weighted by atomic mass is 9.92. The molecule has 7 heteroatoms. The summed E-state index contributed by atoms with van der Waals surface area (Å²) in [5, 5.41) is 0.272. The van der Waals surface area contributed by atoms with Crippen molar-refractivity contribution in [1.29, 1.82) is 0 Å². The highest BCUT2D eigenvalue weighted by Crippen LogP contribution is 2.50. The third-order valence-corrected chi connectivity index (χ3v) is 9.15. The van der Waals surface area contributed by atoms with E-state index in [9.17, 15) is 4.79 Å². The van der Waals surface area contributed by atoms with Gasteiger partial charge in [-0.3, -0.25) is 4.79 Å². The van der Waals surface area contributed by atoms with E-state index in [1.54, 1.807) is 0 Å². The van der Waals surface area contributed by atoms with Crippen LogP contribution in [0.25, 0.3) is 0 Å². The monoisotopic (exact) mass is 450 g/mol. The Morgan fingerprint density at radius 1 is 0.931 bits per heavy atom. The van der Waals surface area contributed by atoms with Crippen LogP contribution in [0.2, 0.25) is 0 Å². The van der Waals surface area contributed by atoms with E-state index in [2.05, 4.69) is 71.7 Å². The molecule has 0 aromatic rings. The summed E-state index contributed by atoms with van der Waals surface area (Å²) in [4.78, 5) is 12.2. The fourth-order valence-electron chi connectivity index (χ4n) is 3.04. The van der Waals surface area contributed by atoms with E-state index in [1.165, 1.54) is 11.8 Å². The lowest BCUT2D eigenvalue weighted by Crippen LogP contribution is -2.43. The van der Waals surface area contributed by atoms with Crippen LogP contribution >= 0.6 is 20.2 Å². The van der Waals surface area contributed by atoms with Crippen LogP contribution in [0.15, 0.2) is 0 Å². The minimum absolute atomic E-state index is 0.237. The van der Waals surface area contributed by atoms with Gasteiger partial charge in [0.25, 0.3) is 0 Å². The van der Waals surface area contributed by atoms with Gasteiger partial charge in [-0.2, -0.15) is 0 Å². The highest BCUT2D eigenvalue weighted by molar-refractivity contribution is 8.13. The van der Waals surface area contributed by atoms with E-state index < -0.39 is 8.45 Å². The zero-order chi connectivity index (χ0) is 22.8. The second kappa shape index (κ2) is 14.4. The third-order valence-electron chi connectivity index (χ3n) is 4.87. The molecule has 0 amide bonds. The average molecular weight is 451 g/mol. The first-order valence-electron chi connectivity index (χ1n) is 11.1. The van der Waals surface area contributed by atoms with Crippen molar-refractivity contribution < 1.29 is 14.1 Å². The van der Waals surface area contributed by atoms with Crippen LogP contribution < -0.4 is 0 Å². The molecule has 0 fully saturated rings. The van der Waals surface area contributed by atoms with Crippen LogP contribution in [0.4, 0.5) is 0 Å². The van der Waals surface area contributed by atoms with Gasteiger partial charge in [-0.1, -0.05) is 32.5 Å². The fraction of sp³-hybridized carbons (Fsp3) is 0.955. The number of carbonyl (C=O) groups excluding carboxylic acids is 1. The smallest absolute Gasteiger partial charge is 0.194 e. The number of ether oxygens (including phenoxy) is 1. The van der Waals surface area contributed by atoms with E-state index in [4.69, 9.17) is 9.26 Å². The molecule has 0 aromatic carbocycles. The van der Waals surface area contributed by atoms with Crippen LogP contribution in [0.5, 0.6) is 0 Å². The summed E-state index contributed by atoms with van der Waals surface area (Å²) in [6.45, 7) is 24.8. The molecule has 29 heavy (non-hydrogen) atoms. The lowest BCUT2D eigenvalue weighted by Gasteiger charge is -2.45. The van der Waals surface area contributed by atoms with Gasteiger partial charge < -0.3 is 9.26 Å². The Kier molecular flexibility index (Phi) is 14.5. The number of hydrogen-bond acceptors (Lipinski definition) is 6. The van der Waals surface area contributed by atoms with Crippen molar-refractivity contribution in [3.05, 3.63) is 0 Å². The molecule has 0 unspecified atom stereocenters. The molecule has 0 bridgehead atoms. The van der Waals surface area contributed by atoms with Gasteiger partial charge in [0, 0.05) is 35.3 Å². The molecule has 0 saturated carbocycles. The molecule has 0 spiro atoms. The molecule has 0 radical (unpaired) electrons. The van der Waals surface area contributed by atoms with Crippen molar-refractivity contribution in [2.75, 3.05) is 19.2 Å². The predicted octanol–water partition coefficient (Wildman–Crippen LogP) is 6.53. The maximum absolute atomic E-state index is 12.2. The van der Waals surface area contributed by atoms with Crippen LogP contribution in [0.3, 0.4) is 0 Å². The first-order valence-corrected chi connectivity index (χ1v) is 13.3. The zero-order valence-electron chi connectivity index (χ0n) is 20.8. The molecule has 0 saturated heterocycles. The van der Waals surface area contributed by atoms with Crippen molar-refractivity contribution in [2.45, 2.75) is 113 Å². The molecule has 174 valence electrons. The average Bonchev–Trinajstić information content (AvgIpc) is 2.58. The number of hydrogen-bond donors (Lipinski definition) is 0. The maximum atomic E-state index is 12.2. The molecule has 0 rings (SSSR count). The Morgan fingerprint density at radius 3 is 1.76 bits per heavy atom. The SMILES string of the molecule is CCC(C)(C)C(=O)SCCCOCOP(N(C(C)C)C(C)C)N(C(C)C)C(C)C. The van der Waals surface area contributed by atoms with Gasteiger partial charge in [0.05, 0.1) is 6.61 Å². The fourth-order valence-corrected chi connectivity index (χ4v) is 6.28. The summed E-state index contributed by atoms with van der Waals surface area (Å²) in [5.74, 6) is 0.797. The largest absolute Gasteiger partial charge is 0.355 e. The molecule has 0 atom stereocenters. The Morgan fingerprint density at radius 2 is 1.38 bits per heavy atom. The first-order chi connectivity index (χ1) is 13.4. The highest BCUT2D eigenvalue weighted by Gasteiger charge is 2.34. The van der Waals surface area contributed by atoms with Crippen molar-refractivity contribution in [2.24, 2.45) is 5.41 Å².